The molecule has 0 atom stereocenters. The fraction of sp³-hybridized carbons (Fsp3) is 0.188. The molecule has 2 aromatic carbocycles. The number of carbonyl (C=O) groups is 1. The number of hydrogen-bond donors (Lipinski definition) is 2. The third-order valence-corrected chi connectivity index (χ3v) is 4.77. The van der Waals surface area contributed by atoms with Gasteiger partial charge in [-0.2, -0.15) is 0 Å². The van der Waals surface area contributed by atoms with Crippen LogP contribution in [-0.4, -0.2) is 19.5 Å². The number of benzene rings is 2. The van der Waals surface area contributed by atoms with Crippen LogP contribution in [0.3, 0.4) is 0 Å². The molecule has 2 N–H and O–H groups in total. The summed E-state index contributed by atoms with van der Waals surface area (Å²) in [5, 5.41) is 9.34. The molecule has 0 bridgehead atoms. The van der Waals surface area contributed by atoms with Crippen LogP contribution in [-0.2, 0) is 10.0 Å². The zero-order valence-electron chi connectivity index (χ0n) is 12.5. The minimum atomic E-state index is -3.84. The van der Waals surface area contributed by atoms with Crippen molar-refractivity contribution in [2.45, 2.75) is 25.7 Å². The number of sulfonamides is 1. The van der Waals surface area contributed by atoms with Crippen molar-refractivity contribution in [3.63, 3.8) is 0 Å². The van der Waals surface area contributed by atoms with E-state index in [0.717, 1.165) is 5.56 Å². The largest absolute Gasteiger partial charge is 0.478 e. The third kappa shape index (κ3) is 3.12. The Morgan fingerprint density at radius 1 is 0.955 bits per heavy atom. The van der Waals surface area contributed by atoms with Crippen molar-refractivity contribution in [3.05, 3.63) is 58.7 Å². The molecular weight excluding hydrogens is 302 g/mol. The molecule has 0 aliphatic rings. The summed E-state index contributed by atoms with van der Waals surface area (Å²) < 4.78 is 27.3. The molecular formula is C16H17NO4S. The highest BCUT2D eigenvalue weighted by molar-refractivity contribution is 7.92. The fourth-order valence-corrected chi connectivity index (χ4v) is 3.27. The van der Waals surface area contributed by atoms with Crippen LogP contribution in [0.15, 0.2) is 41.3 Å². The van der Waals surface area contributed by atoms with Gasteiger partial charge in [-0.05, 0) is 44.0 Å². The second-order valence-electron chi connectivity index (χ2n) is 5.17. The molecule has 0 fully saturated rings. The molecule has 0 aliphatic heterocycles. The van der Waals surface area contributed by atoms with Gasteiger partial charge in [-0.1, -0.05) is 29.8 Å². The summed E-state index contributed by atoms with van der Waals surface area (Å²) in [4.78, 5) is 11.5. The van der Waals surface area contributed by atoms with Crippen LogP contribution in [0.4, 0.5) is 5.69 Å². The minimum absolute atomic E-state index is 0.0318. The molecule has 6 heteroatoms. The fourth-order valence-electron chi connectivity index (χ4n) is 2.13. The Bertz CT molecular complexity index is 824. The Kier molecular flexibility index (Phi) is 4.23. The maximum Gasteiger partial charge on any atom is 0.338 e. The Balaban J connectivity index is 2.53. The van der Waals surface area contributed by atoms with E-state index in [1.54, 1.807) is 38.1 Å². The quantitative estimate of drug-likeness (QED) is 0.907. The molecule has 0 saturated heterocycles. The second-order valence-corrected chi connectivity index (χ2v) is 6.86. The van der Waals surface area contributed by atoms with Gasteiger partial charge in [0.15, 0.2) is 0 Å². The summed E-state index contributed by atoms with van der Waals surface area (Å²) >= 11 is 0. The number of carboxylic acids is 1. The normalized spacial score (nSPS) is 11.2. The summed E-state index contributed by atoms with van der Waals surface area (Å²) in [6, 6.07) is 9.70. The molecule has 2 rings (SSSR count). The van der Waals surface area contributed by atoms with Gasteiger partial charge in [-0.3, -0.25) is 4.72 Å². The van der Waals surface area contributed by atoms with Gasteiger partial charge in [-0.15, -0.1) is 0 Å². The van der Waals surface area contributed by atoms with Gasteiger partial charge in [0.05, 0.1) is 16.1 Å². The Labute approximate surface area is 129 Å². The van der Waals surface area contributed by atoms with Crippen molar-refractivity contribution in [3.8, 4) is 0 Å². The average molecular weight is 319 g/mol. The van der Waals surface area contributed by atoms with Crippen molar-refractivity contribution in [2.24, 2.45) is 0 Å². The van der Waals surface area contributed by atoms with Crippen molar-refractivity contribution in [2.75, 3.05) is 4.72 Å². The number of hydrogen-bond acceptors (Lipinski definition) is 3. The van der Waals surface area contributed by atoms with Gasteiger partial charge < -0.3 is 5.11 Å². The molecule has 22 heavy (non-hydrogen) atoms. The van der Waals surface area contributed by atoms with E-state index in [1.165, 1.54) is 12.1 Å². The second kappa shape index (κ2) is 5.81. The number of aryl methyl sites for hydroxylation is 3. The molecule has 116 valence electrons. The maximum absolute atomic E-state index is 12.4. The third-order valence-electron chi connectivity index (χ3n) is 3.40. The topological polar surface area (TPSA) is 83.5 Å². The first-order valence-corrected chi connectivity index (χ1v) is 8.13. The number of carboxylic acid groups (broad SMARTS) is 1. The lowest BCUT2D eigenvalue weighted by Gasteiger charge is -2.15. The average Bonchev–Trinajstić information content (AvgIpc) is 2.43. The highest BCUT2D eigenvalue weighted by atomic mass is 32.2. The van der Waals surface area contributed by atoms with Crippen LogP contribution in [0.25, 0.3) is 0 Å². The van der Waals surface area contributed by atoms with Gasteiger partial charge >= 0.3 is 5.97 Å². The highest BCUT2D eigenvalue weighted by Gasteiger charge is 2.21. The minimum Gasteiger partial charge on any atom is -0.478 e. The van der Waals surface area contributed by atoms with Crippen LogP contribution in [0, 0.1) is 20.8 Å². The number of aromatic carboxylic acids is 1. The van der Waals surface area contributed by atoms with E-state index in [4.69, 9.17) is 0 Å². The molecule has 0 aliphatic carbocycles. The first-order chi connectivity index (χ1) is 10.2. The zero-order valence-corrected chi connectivity index (χ0v) is 13.4. The summed E-state index contributed by atoms with van der Waals surface area (Å²) in [7, 11) is -3.84. The molecule has 0 amide bonds. The van der Waals surface area contributed by atoms with E-state index >= 15 is 0 Å². The first kappa shape index (κ1) is 16.0. The highest BCUT2D eigenvalue weighted by Crippen LogP contribution is 2.27. The predicted molar refractivity (Wildman–Crippen MR) is 84.9 cm³/mol. The van der Waals surface area contributed by atoms with Crippen LogP contribution in [0.5, 0.6) is 0 Å². The lowest BCUT2D eigenvalue weighted by atomic mass is 10.0. The smallest absolute Gasteiger partial charge is 0.338 e. The predicted octanol–water partition coefficient (Wildman–Crippen LogP) is 3.11. The zero-order chi connectivity index (χ0) is 16.5. The van der Waals surface area contributed by atoms with Crippen LogP contribution < -0.4 is 4.72 Å². The monoisotopic (exact) mass is 319 g/mol. The van der Waals surface area contributed by atoms with Crippen LogP contribution in [0.1, 0.15) is 27.0 Å². The Morgan fingerprint density at radius 2 is 1.50 bits per heavy atom. The number of nitrogens with one attached hydrogen (secondary N) is 1. The molecule has 0 unspecified atom stereocenters. The van der Waals surface area contributed by atoms with Gasteiger partial charge in [0, 0.05) is 0 Å². The SMILES string of the molecule is Cc1ccc(S(=O)(=O)Nc2c(C)ccc(C)c2C(=O)O)cc1. The molecule has 0 aromatic heterocycles. The lowest BCUT2D eigenvalue weighted by Crippen LogP contribution is -2.17. The van der Waals surface area contributed by atoms with E-state index in [1.807, 2.05) is 6.92 Å². The Morgan fingerprint density at radius 3 is 2.05 bits per heavy atom. The van der Waals surface area contributed by atoms with Gasteiger partial charge in [0.1, 0.15) is 0 Å². The summed E-state index contributed by atoms with van der Waals surface area (Å²) in [5.41, 5.74) is 2.07. The van der Waals surface area contributed by atoms with Gasteiger partial charge in [0.2, 0.25) is 0 Å². The first-order valence-electron chi connectivity index (χ1n) is 6.65. The summed E-state index contributed by atoms with van der Waals surface area (Å²) in [5.74, 6) is -1.16. The van der Waals surface area contributed by atoms with Crippen molar-refractivity contribution >= 4 is 21.7 Å². The lowest BCUT2D eigenvalue weighted by molar-refractivity contribution is 0.0697. The van der Waals surface area contributed by atoms with Crippen LogP contribution in [0.2, 0.25) is 0 Å². The van der Waals surface area contributed by atoms with Crippen molar-refractivity contribution in [1.29, 1.82) is 0 Å². The number of anilines is 1. The van der Waals surface area contributed by atoms with E-state index < -0.39 is 16.0 Å². The molecule has 0 radical (unpaired) electrons. The van der Waals surface area contributed by atoms with Gasteiger partial charge in [-0.25, -0.2) is 13.2 Å². The summed E-state index contributed by atoms with van der Waals surface area (Å²) in [6.45, 7) is 5.16. The standard InChI is InChI=1S/C16H17NO4S/c1-10-4-8-13(9-5-10)22(20,21)17-15-12(3)7-6-11(2)14(15)16(18)19/h4-9,17H,1-3H3,(H,18,19). The van der Waals surface area contributed by atoms with E-state index in [-0.39, 0.29) is 16.1 Å². The molecule has 5 nitrogen and oxygen atoms in total. The molecule has 0 heterocycles. The maximum atomic E-state index is 12.4. The molecule has 2 aromatic rings. The van der Waals surface area contributed by atoms with E-state index in [2.05, 4.69) is 4.72 Å². The van der Waals surface area contributed by atoms with Gasteiger partial charge in [0.25, 0.3) is 10.0 Å². The van der Waals surface area contributed by atoms with E-state index in [0.29, 0.717) is 11.1 Å². The molecule has 0 spiro atoms. The Hall–Kier alpha value is -2.34. The van der Waals surface area contributed by atoms with Crippen molar-refractivity contribution < 1.29 is 18.3 Å². The van der Waals surface area contributed by atoms with Crippen LogP contribution >= 0.6 is 0 Å². The van der Waals surface area contributed by atoms with Crippen molar-refractivity contribution in [1.82, 2.24) is 0 Å². The van der Waals surface area contributed by atoms with E-state index in [9.17, 15) is 18.3 Å². The number of rotatable bonds is 4. The molecule has 0 saturated carbocycles. The summed E-state index contributed by atoms with van der Waals surface area (Å²) in [6.07, 6.45) is 0.